The lowest BCUT2D eigenvalue weighted by atomic mass is 9.92. The van der Waals surface area contributed by atoms with E-state index in [2.05, 4.69) is 5.32 Å². The van der Waals surface area contributed by atoms with Crippen LogP contribution in [-0.4, -0.2) is 29.8 Å². The molecule has 0 unspecified atom stereocenters. The van der Waals surface area contributed by atoms with Crippen molar-refractivity contribution < 1.29 is 14.0 Å². The Bertz CT molecular complexity index is 1050. The Morgan fingerprint density at radius 3 is 2.55 bits per heavy atom. The number of rotatable bonds is 8. The van der Waals surface area contributed by atoms with E-state index >= 15 is 0 Å². The van der Waals surface area contributed by atoms with Crippen molar-refractivity contribution >= 4 is 28.8 Å². The van der Waals surface area contributed by atoms with Gasteiger partial charge in [0, 0.05) is 24.3 Å². The Balaban J connectivity index is 1.82. The highest BCUT2D eigenvalue weighted by Crippen LogP contribution is 2.21. The smallest absolute Gasteiger partial charge is 0.265 e. The number of anilines is 1. The molecule has 7 heteroatoms. The molecule has 0 saturated carbocycles. The Hall–Kier alpha value is -3.03. The van der Waals surface area contributed by atoms with E-state index in [0.717, 1.165) is 5.56 Å². The molecule has 2 aromatic carbocycles. The summed E-state index contributed by atoms with van der Waals surface area (Å²) in [5.74, 6) is -0.902. The molecule has 31 heavy (non-hydrogen) atoms. The second-order valence-electron chi connectivity index (χ2n) is 8.17. The Morgan fingerprint density at radius 1 is 1.10 bits per heavy atom. The first-order chi connectivity index (χ1) is 14.8. The quantitative estimate of drug-likeness (QED) is 0.531. The molecule has 0 aliphatic rings. The molecule has 0 saturated heterocycles. The molecule has 0 aliphatic heterocycles. The van der Waals surface area contributed by atoms with E-state index in [9.17, 15) is 14.0 Å². The van der Waals surface area contributed by atoms with E-state index in [1.807, 2.05) is 43.5 Å². The fraction of sp³-hybridized carbons (Fsp3) is 0.250. The number of carbonyl (C=O) groups is 2. The third kappa shape index (κ3) is 6.23. The van der Waals surface area contributed by atoms with E-state index < -0.39 is 5.82 Å². The van der Waals surface area contributed by atoms with Crippen LogP contribution in [0, 0.1) is 11.2 Å². The summed E-state index contributed by atoms with van der Waals surface area (Å²) in [7, 11) is 0. The molecule has 1 heterocycles. The van der Waals surface area contributed by atoms with Crippen LogP contribution in [0.15, 0.2) is 66.0 Å². The van der Waals surface area contributed by atoms with E-state index in [1.165, 1.54) is 29.5 Å². The van der Waals surface area contributed by atoms with Gasteiger partial charge in [-0.05, 0) is 59.3 Å². The van der Waals surface area contributed by atoms with Crippen molar-refractivity contribution in [2.45, 2.75) is 20.4 Å². The number of carbonyl (C=O) groups excluding carboxylic acids is 2. The monoisotopic (exact) mass is 439 g/mol. The van der Waals surface area contributed by atoms with Gasteiger partial charge in [-0.25, -0.2) is 4.39 Å². The van der Waals surface area contributed by atoms with Crippen molar-refractivity contribution in [1.29, 1.82) is 0 Å². The van der Waals surface area contributed by atoms with Crippen LogP contribution >= 0.6 is 11.3 Å². The van der Waals surface area contributed by atoms with Gasteiger partial charge in [0.15, 0.2) is 0 Å². The molecular formula is C24H26FN3O2S. The largest absolute Gasteiger partial charge is 0.334 e. The van der Waals surface area contributed by atoms with E-state index in [-0.39, 0.29) is 22.8 Å². The fourth-order valence-electron chi connectivity index (χ4n) is 3.15. The molecule has 0 bridgehead atoms. The molecular weight excluding hydrogens is 413 g/mol. The van der Waals surface area contributed by atoms with Crippen LogP contribution in [0.2, 0.25) is 0 Å². The number of hydrogen-bond acceptors (Lipinski definition) is 4. The second-order valence-corrected chi connectivity index (χ2v) is 9.12. The van der Waals surface area contributed by atoms with Crippen LogP contribution in [0.4, 0.5) is 10.1 Å². The van der Waals surface area contributed by atoms with Gasteiger partial charge in [0.2, 0.25) is 0 Å². The van der Waals surface area contributed by atoms with E-state index in [1.54, 1.807) is 23.1 Å². The maximum Gasteiger partial charge on any atom is 0.265 e. The summed E-state index contributed by atoms with van der Waals surface area (Å²) >= 11 is 1.37. The molecule has 3 aromatic rings. The lowest BCUT2D eigenvalue weighted by Crippen LogP contribution is -2.41. The van der Waals surface area contributed by atoms with Gasteiger partial charge in [0.25, 0.3) is 11.8 Å². The van der Waals surface area contributed by atoms with Crippen LogP contribution in [-0.2, 0) is 6.54 Å². The molecule has 0 spiro atoms. The zero-order chi connectivity index (χ0) is 22.4. The van der Waals surface area contributed by atoms with Gasteiger partial charge in [-0.1, -0.05) is 38.1 Å². The fourth-order valence-corrected chi connectivity index (χ4v) is 3.77. The predicted octanol–water partition coefficient (Wildman–Crippen LogP) is 4.77. The van der Waals surface area contributed by atoms with Crippen LogP contribution < -0.4 is 11.1 Å². The van der Waals surface area contributed by atoms with Gasteiger partial charge >= 0.3 is 0 Å². The van der Waals surface area contributed by atoms with Crippen LogP contribution in [0.1, 0.15) is 39.4 Å². The number of nitrogens with two attached hydrogens (primary N) is 1. The molecule has 0 aliphatic carbocycles. The summed E-state index contributed by atoms with van der Waals surface area (Å²) in [5, 5.41) is 4.73. The first-order valence-corrected chi connectivity index (χ1v) is 10.8. The van der Waals surface area contributed by atoms with Crippen LogP contribution in [0.5, 0.6) is 0 Å². The molecule has 0 fully saturated rings. The number of nitrogens with one attached hydrogen (secondary N) is 1. The molecule has 0 atom stereocenters. The minimum atomic E-state index is -0.456. The molecule has 3 rings (SSSR count). The standard InChI is InChI=1S/C24H26FN3O2S/c1-24(2,15-26)16-28(23(30)18-7-4-8-19(25)13-18)14-17-6-3-9-20(12-17)27-22(29)21-10-5-11-31-21/h3-13H,14-16,26H2,1-2H3,(H,27,29). The lowest BCUT2D eigenvalue weighted by molar-refractivity contribution is 0.0672. The van der Waals surface area contributed by atoms with Gasteiger partial charge in [0.05, 0.1) is 4.88 Å². The van der Waals surface area contributed by atoms with Crippen molar-refractivity contribution in [2.75, 3.05) is 18.4 Å². The molecule has 3 N–H and O–H groups in total. The summed E-state index contributed by atoms with van der Waals surface area (Å²) < 4.78 is 13.7. The first-order valence-electron chi connectivity index (χ1n) is 9.96. The first kappa shape index (κ1) is 22.7. The summed E-state index contributed by atoms with van der Waals surface area (Å²) in [6.07, 6.45) is 0. The number of nitrogens with zero attached hydrogens (tertiary/aromatic N) is 1. The Labute approximate surface area is 185 Å². The number of thiophene rings is 1. The average molecular weight is 440 g/mol. The van der Waals surface area contributed by atoms with Gasteiger partial charge in [-0.2, -0.15) is 0 Å². The van der Waals surface area contributed by atoms with Crippen molar-refractivity contribution in [1.82, 2.24) is 4.90 Å². The Kier molecular flexibility index (Phi) is 7.20. The normalized spacial score (nSPS) is 11.2. The predicted molar refractivity (Wildman–Crippen MR) is 123 cm³/mol. The number of benzene rings is 2. The highest BCUT2D eigenvalue weighted by molar-refractivity contribution is 7.12. The van der Waals surface area contributed by atoms with Crippen LogP contribution in [0.25, 0.3) is 0 Å². The zero-order valence-corrected chi connectivity index (χ0v) is 18.4. The minimum absolute atomic E-state index is 0.177. The topological polar surface area (TPSA) is 75.4 Å². The molecule has 2 amide bonds. The van der Waals surface area contributed by atoms with Crippen molar-refractivity contribution in [3.8, 4) is 0 Å². The maximum absolute atomic E-state index is 13.7. The van der Waals surface area contributed by atoms with Gasteiger partial charge in [-0.15, -0.1) is 11.3 Å². The second kappa shape index (κ2) is 9.85. The van der Waals surface area contributed by atoms with Crippen molar-refractivity contribution in [2.24, 2.45) is 11.1 Å². The molecule has 1 aromatic heterocycles. The highest BCUT2D eigenvalue weighted by atomic mass is 32.1. The summed E-state index contributed by atoms with van der Waals surface area (Å²) in [6, 6.07) is 16.6. The van der Waals surface area contributed by atoms with Crippen molar-refractivity contribution in [3.63, 3.8) is 0 Å². The van der Waals surface area contributed by atoms with Crippen LogP contribution in [0.3, 0.4) is 0 Å². The third-order valence-corrected chi connectivity index (χ3v) is 5.70. The Morgan fingerprint density at radius 2 is 1.87 bits per heavy atom. The summed E-state index contributed by atoms with van der Waals surface area (Å²) in [4.78, 5) is 27.8. The highest BCUT2D eigenvalue weighted by Gasteiger charge is 2.25. The SMILES string of the molecule is CC(C)(CN)CN(Cc1cccc(NC(=O)c2cccs2)c1)C(=O)c1cccc(F)c1. The number of hydrogen-bond donors (Lipinski definition) is 2. The van der Waals surface area contributed by atoms with Gasteiger partial charge in [-0.3, -0.25) is 9.59 Å². The lowest BCUT2D eigenvalue weighted by Gasteiger charge is -2.32. The molecule has 5 nitrogen and oxygen atoms in total. The summed E-state index contributed by atoms with van der Waals surface area (Å²) in [5.41, 5.74) is 7.36. The van der Waals surface area contributed by atoms with E-state index in [4.69, 9.17) is 5.73 Å². The van der Waals surface area contributed by atoms with Crippen molar-refractivity contribution in [3.05, 3.63) is 87.9 Å². The number of halogens is 1. The number of amides is 2. The van der Waals surface area contributed by atoms with Gasteiger partial charge < -0.3 is 16.0 Å². The summed E-state index contributed by atoms with van der Waals surface area (Å²) in [6.45, 7) is 5.08. The van der Waals surface area contributed by atoms with Gasteiger partial charge in [0.1, 0.15) is 5.82 Å². The zero-order valence-electron chi connectivity index (χ0n) is 17.6. The average Bonchev–Trinajstić information content (AvgIpc) is 3.28. The minimum Gasteiger partial charge on any atom is -0.334 e. The maximum atomic E-state index is 13.7. The van der Waals surface area contributed by atoms with E-state index in [0.29, 0.717) is 30.2 Å². The molecule has 162 valence electrons. The molecule has 0 radical (unpaired) electrons. The third-order valence-electron chi connectivity index (χ3n) is 4.83.